The molecule has 0 bridgehead atoms. The molecule has 0 unspecified atom stereocenters. The predicted octanol–water partition coefficient (Wildman–Crippen LogP) is 1.94. The number of hydrogen-bond donors (Lipinski definition) is 1. The Morgan fingerprint density at radius 3 is 2.84 bits per heavy atom. The molecule has 6 heteroatoms. The highest BCUT2D eigenvalue weighted by molar-refractivity contribution is 5.85. The van der Waals surface area contributed by atoms with Gasteiger partial charge >= 0.3 is 5.97 Å². The van der Waals surface area contributed by atoms with Crippen LogP contribution < -0.4 is 0 Å². The van der Waals surface area contributed by atoms with E-state index in [0.717, 1.165) is 24.4 Å². The van der Waals surface area contributed by atoms with Gasteiger partial charge in [-0.3, -0.25) is 0 Å². The highest BCUT2D eigenvalue weighted by atomic mass is 16.4. The first-order chi connectivity index (χ1) is 9.15. The molecule has 0 spiro atoms. The van der Waals surface area contributed by atoms with Crippen molar-refractivity contribution in [3.63, 3.8) is 0 Å². The molecule has 2 heterocycles. The van der Waals surface area contributed by atoms with Gasteiger partial charge in [-0.15, -0.1) is 0 Å². The van der Waals surface area contributed by atoms with Crippen molar-refractivity contribution in [2.75, 3.05) is 0 Å². The van der Waals surface area contributed by atoms with Gasteiger partial charge in [0.1, 0.15) is 5.82 Å². The molecule has 2 aromatic heterocycles. The number of aryl methyl sites for hydroxylation is 1. The maximum atomic E-state index is 10.9. The van der Waals surface area contributed by atoms with Gasteiger partial charge in [-0.1, -0.05) is 6.42 Å². The monoisotopic (exact) mass is 258 g/mol. The van der Waals surface area contributed by atoms with Crippen molar-refractivity contribution in [3.05, 3.63) is 35.5 Å². The molecule has 0 atom stereocenters. The molecule has 1 aliphatic carbocycles. The molecule has 19 heavy (non-hydrogen) atoms. The van der Waals surface area contributed by atoms with Gasteiger partial charge in [0.15, 0.2) is 11.5 Å². The summed E-state index contributed by atoms with van der Waals surface area (Å²) in [6, 6.07) is 3.28. The number of aromatic nitrogens is 4. The van der Waals surface area contributed by atoms with E-state index in [1.165, 1.54) is 12.5 Å². The van der Waals surface area contributed by atoms with Gasteiger partial charge in [-0.05, 0) is 25.8 Å². The number of hydrogen-bond acceptors (Lipinski definition) is 4. The van der Waals surface area contributed by atoms with E-state index in [1.54, 1.807) is 16.9 Å². The van der Waals surface area contributed by atoms with E-state index in [4.69, 9.17) is 5.11 Å². The van der Waals surface area contributed by atoms with Gasteiger partial charge in [0.2, 0.25) is 0 Å². The fourth-order valence-corrected chi connectivity index (χ4v) is 2.16. The number of carboxylic acid groups (broad SMARTS) is 1. The standard InChI is InChI=1S/C13H14N4O2/c1-8-7-10(13(18)19)16-17(8)11-5-6-14-12(15-11)9-3-2-4-9/h5-7,9H,2-4H2,1H3,(H,18,19). The van der Waals surface area contributed by atoms with Crippen LogP contribution in [0.5, 0.6) is 0 Å². The molecular formula is C13H14N4O2. The summed E-state index contributed by atoms with van der Waals surface area (Å²) in [7, 11) is 0. The summed E-state index contributed by atoms with van der Waals surface area (Å²) < 4.78 is 1.55. The van der Waals surface area contributed by atoms with Crippen LogP contribution in [-0.4, -0.2) is 30.8 Å². The van der Waals surface area contributed by atoms with E-state index in [2.05, 4.69) is 15.1 Å². The third-order valence-electron chi connectivity index (χ3n) is 3.45. The number of carboxylic acids is 1. The molecule has 1 aliphatic rings. The van der Waals surface area contributed by atoms with Crippen LogP contribution in [0.15, 0.2) is 18.3 Å². The molecule has 1 N–H and O–H groups in total. The predicted molar refractivity (Wildman–Crippen MR) is 67.4 cm³/mol. The van der Waals surface area contributed by atoms with Crippen molar-refractivity contribution in [2.45, 2.75) is 32.1 Å². The smallest absolute Gasteiger partial charge is 0.356 e. The molecule has 2 aromatic rings. The molecule has 6 nitrogen and oxygen atoms in total. The zero-order valence-corrected chi connectivity index (χ0v) is 10.6. The lowest BCUT2D eigenvalue weighted by atomic mass is 9.85. The lowest BCUT2D eigenvalue weighted by molar-refractivity contribution is 0.0690. The second-order valence-electron chi connectivity index (χ2n) is 4.79. The number of nitrogens with zero attached hydrogens (tertiary/aromatic N) is 4. The molecule has 3 rings (SSSR count). The summed E-state index contributed by atoms with van der Waals surface area (Å²) in [6.45, 7) is 1.81. The number of aromatic carboxylic acids is 1. The second-order valence-corrected chi connectivity index (χ2v) is 4.79. The zero-order valence-electron chi connectivity index (χ0n) is 10.6. The van der Waals surface area contributed by atoms with Gasteiger partial charge in [0.25, 0.3) is 0 Å². The molecule has 0 aromatic carbocycles. The highest BCUT2D eigenvalue weighted by Crippen LogP contribution is 2.34. The zero-order chi connectivity index (χ0) is 13.4. The third-order valence-corrected chi connectivity index (χ3v) is 3.45. The van der Waals surface area contributed by atoms with Gasteiger partial charge < -0.3 is 5.11 Å². The minimum Gasteiger partial charge on any atom is -0.476 e. The van der Waals surface area contributed by atoms with Crippen molar-refractivity contribution >= 4 is 5.97 Å². The SMILES string of the molecule is Cc1cc(C(=O)O)nn1-c1ccnc(C2CCC2)n1. The minimum absolute atomic E-state index is 0.0290. The Morgan fingerprint density at radius 1 is 1.47 bits per heavy atom. The average Bonchev–Trinajstić information content (AvgIpc) is 2.70. The van der Waals surface area contributed by atoms with Gasteiger partial charge in [-0.25, -0.2) is 19.4 Å². The summed E-state index contributed by atoms with van der Waals surface area (Å²) in [5.74, 6) is 0.863. The van der Waals surface area contributed by atoms with Crippen molar-refractivity contribution in [1.29, 1.82) is 0 Å². The van der Waals surface area contributed by atoms with Crippen LogP contribution in [0.25, 0.3) is 5.82 Å². The first-order valence-electron chi connectivity index (χ1n) is 6.28. The fourth-order valence-electron chi connectivity index (χ4n) is 2.16. The maximum absolute atomic E-state index is 10.9. The van der Waals surface area contributed by atoms with Crippen LogP contribution >= 0.6 is 0 Å². The Balaban J connectivity index is 1.99. The van der Waals surface area contributed by atoms with Crippen molar-refractivity contribution in [1.82, 2.24) is 19.7 Å². The molecular weight excluding hydrogens is 244 g/mol. The molecule has 0 radical (unpaired) electrons. The van der Waals surface area contributed by atoms with Crippen LogP contribution in [0.1, 0.15) is 47.2 Å². The summed E-state index contributed by atoms with van der Waals surface area (Å²) in [5, 5.41) is 13.0. The van der Waals surface area contributed by atoms with Crippen molar-refractivity contribution < 1.29 is 9.90 Å². The molecule has 0 amide bonds. The van der Waals surface area contributed by atoms with Crippen LogP contribution in [0.3, 0.4) is 0 Å². The van der Waals surface area contributed by atoms with Gasteiger partial charge in [0.05, 0.1) is 0 Å². The van der Waals surface area contributed by atoms with Crippen LogP contribution in [0.2, 0.25) is 0 Å². The van der Waals surface area contributed by atoms with Gasteiger partial charge in [-0.2, -0.15) is 5.10 Å². The summed E-state index contributed by atoms with van der Waals surface area (Å²) >= 11 is 0. The van der Waals surface area contributed by atoms with E-state index in [-0.39, 0.29) is 5.69 Å². The summed E-state index contributed by atoms with van der Waals surface area (Å²) in [5.41, 5.74) is 0.775. The van der Waals surface area contributed by atoms with Crippen LogP contribution in [-0.2, 0) is 0 Å². The normalized spacial score (nSPS) is 15.2. The molecule has 1 saturated carbocycles. The minimum atomic E-state index is -1.03. The molecule has 1 fully saturated rings. The first kappa shape index (κ1) is 11.8. The highest BCUT2D eigenvalue weighted by Gasteiger charge is 2.23. The second kappa shape index (κ2) is 4.46. The van der Waals surface area contributed by atoms with E-state index in [9.17, 15) is 4.79 Å². The third kappa shape index (κ3) is 2.09. The summed E-state index contributed by atoms with van der Waals surface area (Å²) in [4.78, 5) is 19.7. The Kier molecular flexibility index (Phi) is 2.77. The Morgan fingerprint density at radius 2 is 2.26 bits per heavy atom. The Hall–Kier alpha value is -2.24. The van der Waals surface area contributed by atoms with Gasteiger partial charge in [0, 0.05) is 23.9 Å². The number of rotatable bonds is 3. The average molecular weight is 258 g/mol. The Labute approximate surface area is 110 Å². The van der Waals surface area contributed by atoms with Crippen molar-refractivity contribution in [2.24, 2.45) is 0 Å². The molecule has 0 saturated heterocycles. The fraction of sp³-hybridized carbons (Fsp3) is 0.385. The maximum Gasteiger partial charge on any atom is 0.356 e. The topological polar surface area (TPSA) is 80.9 Å². The van der Waals surface area contributed by atoms with Crippen LogP contribution in [0, 0.1) is 6.92 Å². The van der Waals surface area contributed by atoms with Crippen molar-refractivity contribution in [3.8, 4) is 5.82 Å². The van der Waals surface area contributed by atoms with E-state index in [0.29, 0.717) is 11.7 Å². The lowest BCUT2D eigenvalue weighted by Crippen LogP contribution is -2.14. The number of carbonyl (C=O) groups is 1. The van der Waals surface area contributed by atoms with E-state index < -0.39 is 5.97 Å². The quantitative estimate of drug-likeness (QED) is 0.909. The summed E-state index contributed by atoms with van der Waals surface area (Å²) in [6.07, 6.45) is 5.18. The molecule has 98 valence electrons. The van der Waals surface area contributed by atoms with E-state index >= 15 is 0 Å². The Bertz CT molecular complexity index is 631. The molecule has 0 aliphatic heterocycles. The van der Waals surface area contributed by atoms with Crippen LogP contribution in [0.4, 0.5) is 0 Å². The largest absolute Gasteiger partial charge is 0.476 e. The van der Waals surface area contributed by atoms with E-state index in [1.807, 2.05) is 6.92 Å². The first-order valence-corrected chi connectivity index (χ1v) is 6.28. The lowest BCUT2D eigenvalue weighted by Gasteiger charge is -2.23.